The molecule has 1 aliphatic heterocycles. The first-order valence-electron chi connectivity index (χ1n) is 8.14. The summed E-state index contributed by atoms with van der Waals surface area (Å²) in [6.07, 6.45) is 5.67. The van der Waals surface area contributed by atoms with Gasteiger partial charge in [-0.3, -0.25) is 0 Å². The third-order valence-corrected chi connectivity index (χ3v) is 4.30. The van der Waals surface area contributed by atoms with Gasteiger partial charge >= 0.3 is 0 Å². The van der Waals surface area contributed by atoms with Crippen molar-refractivity contribution in [3.8, 4) is 0 Å². The Balaban J connectivity index is 1.98. The molecule has 2 nitrogen and oxygen atoms in total. The largest absolute Gasteiger partial charge is 0.375 e. The fourth-order valence-corrected chi connectivity index (χ4v) is 3.22. The molecule has 4 atom stereocenters. The summed E-state index contributed by atoms with van der Waals surface area (Å²) < 4.78 is 5.99. The van der Waals surface area contributed by atoms with Gasteiger partial charge in [0.15, 0.2) is 0 Å². The maximum atomic E-state index is 5.99. The number of hydrogen-bond acceptors (Lipinski definition) is 2. The van der Waals surface area contributed by atoms with Gasteiger partial charge < -0.3 is 10.1 Å². The molecule has 1 aromatic rings. The van der Waals surface area contributed by atoms with E-state index < -0.39 is 0 Å². The van der Waals surface area contributed by atoms with Crippen LogP contribution >= 0.6 is 0 Å². The Kier molecular flexibility index (Phi) is 6.06. The van der Waals surface area contributed by atoms with E-state index in [1.807, 2.05) is 0 Å². The van der Waals surface area contributed by atoms with Crippen molar-refractivity contribution < 1.29 is 4.74 Å². The molecule has 1 fully saturated rings. The van der Waals surface area contributed by atoms with Crippen molar-refractivity contribution in [1.82, 2.24) is 5.32 Å². The lowest BCUT2D eigenvalue weighted by Crippen LogP contribution is -2.29. The van der Waals surface area contributed by atoms with Gasteiger partial charge in [-0.25, -0.2) is 0 Å². The molecule has 1 N–H and O–H groups in total. The maximum absolute atomic E-state index is 5.99. The minimum Gasteiger partial charge on any atom is -0.375 e. The Labute approximate surface area is 123 Å². The quantitative estimate of drug-likeness (QED) is 0.800. The van der Waals surface area contributed by atoms with Crippen LogP contribution in [-0.4, -0.2) is 18.8 Å². The molecule has 0 aliphatic carbocycles. The molecule has 2 heteroatoms. The summed E-state index contributed by atoms with van der Waals surface area (Å²) in [5, 5.41) is 3.72. The van der Waals surface area contributed by atoms with Crippen molar-refractivity contribution in [2.24, 2.45) is 5.92 Å². The van der Waals surface area contributed by atoms with Crippen molar-refractivity contribution in [1.29, 1.82) is 0 Å². The van der Waals surface area contributed by atoms with E-state index in [1.54, 1.807) is 0 Å². The minimum absolute atomic E-state index is 0.440. The Morgan fingerprint density at radius 2 is 2.00 bits per heavy atom. The molecule has 1 heterocycles. The number of hydrogen-bond donors (Lipinski definition) is 1. The van der Waals surface area contributed by atoms with E-state index in [1.165, 1.54) is 24.8 Å². The van der Waals surface area contributed by atoms with E-state index in [2.05, 4.69) is 56.4 Å². The molecular formula is C18H29NO. The second-order valence-electron chi connectivity index (χ2n) is 6.20. The average Bonchev–Trinajstić information content (AvgIpc) is 2.86. The van der Waals surface area contributed by atoms with Gasteiger partial charge in [-0.05, 0) is 50.6 Å². The topological polar surface area (TPSA) is 21.3 Å². The normalized spacial score (nSPS) is 25.6. The lowest BCUT2D eigenvalue weighted by atomic mass is 9.89. The zero-order chi connectivity index (χ0) is 14.4. The van der Waals surface area contributed by atoms with Crippen LogP contribution < -0.4 is 5.32 Å². The fraction of sp³-hybridized carbons (Fsp3) is 0.667. The van der Waals surface area contributed by atoms with E-state index in [0.717, 1.165) is 13.0 Å². The van der Waals surface area contributed by atoms with Crippen LogP contribution in [0.5, 0.6) is 0 Å². The zero-order valence-corrected chi connectivity index (χ0v) is 13.1. The van der Waals surface area contributed by atoms with Gasteiger partial charge in [0.2, 0.25) is 0 Å². The predicted octanol–water partition coefficient (Wildman–Crippen LogP) is 4.32. The van der Waals surface area contributed by atoms with Gasteiger partial charge in [0.1, 0.15) is 0 Å². The maximum Gasteiger partial charge on any atom is 0.0583 e. The van der Waals surface area contributed by atoms with Gasteiger partial charge in [0.05, 0.1) is 12.2 Å². The zero-order valence-electron chi connectivity index (χ0n) is 13.1. The summed E-state index contributed by atoms with van der Waals surface area (Å²) >= 11 is 0. The minimum atomic E-state index is 0.440. The van der Waals surface area contributed by atoms with Crippen LogP contribution in [-0.2, 0) is 4.74 Å². The molecule has 112 valence electrons. The molecule has 4 unspecified atom stereocenters. The Bertz CT molecular complexity index is 378. The molecule has 1 aliphatic rings. The highest BCUT2D eigenvalue weighted by atomic mass is 16.5. The van der Waals surface area contributed by atoms with Crippen LogP contribution in [0.15, 0.2) is 30.3 Å². The number of rotatable bonds is 7. The van der Waals surface area contributed by atoms with Crippen molar-refractivity contribution in [3.05, 3.63) is 35.9 Å². The fourth-order valence-electron chi connectivity index (χ4n) is 3.22. The molecular weight excluding hydrogens is 246 g/mol. The van der Waals surface area contributed by atoms with E-state index in [9.17, 15) is 0 Å². The SMILES string of the molecule is CCCNC(c1ccccc1)C(C)CC1CCC(C)O1. The highest BCUT2D eigenvalue weighted by Crippen LogP contribution is 2.31. The molecule has 0 aromatic heterocycles. The molecule has 0 saturated carbocycles. The van der Waals surface area contributed by atoms with Crippen LogP contribution in [0.1, 0.15) is 58.1 Å². The first-order valence-corrected chi connectivity index (χ1v) is 8.14. The van der Waals surface area contributed by atoms with Crippen molar-refractivity contribution in [2.75, 3.05) is 6.54 Å². The summed E-state index contributed by atoms with van der Waals surface area (Å²) in [6.45, 7) is 7.84. The first kappa shape index (κ1) is 15.5. The summed E-state index contributed by atoms with van der Waals surface area (Å²) in [5.41, 5.74) is 1.40. The average molecular weight is 275 g/mol. The first-order chi connectivity index (χ1) is 9.70. The van der Waals surface area contributed by atoms with E-state index in [0.29, 0.717) is 24.2 Å². The van der Waals surface area contributed by atoms with Crippen LogP contribution in [0, 0.1) is 5.92 Å². The third-order valence-electron chi connectivity index (χ3n) is 4.30. The highest BCUT2D eigenvalue weighted by Gasteiger charge is 2.27. The van der Waals surface area contributed by atoms with Crippen LogP contribution in [0.2, 0.25) is 0 Å². The molecule has 0 radical (unpaired) electrons. The predicted molar refractivity (Wildman–Crippen MR) is 84.8 cm³/mol. The van der Waals surface area contributed by atoms with Crippen LogP contribution in [0.4, 0.5) is 0 Å². The van der Waals surface area contributed by atoms with Crippen molar-refractivity contribution in [2.45, 2.75) is 64.7 Å². The Morgan fingerprint density at radius 3 is 2.60 bits per heavy atom. The molecule has 1 aromatic carbocycles. The van der Waals surface area contributed by atoms with Gasteiger partial charge in [-0.1, -0.05) is 44.2 Å². The second kappa shape index (κ2) is 7.80. The number of ether oxygens (including phenoxy) is 1. The second-order valence-corrected chi connectivity index (χ2v) is 6.20. The highest BCUT2D eigenvalue weighted by molar-refractivity contribution is 5.19. The van der Waals surface area contributed by atoms with E-state index in [4.69, 9.17) is 4.74 Å². The smallest absolute Gasteiger partial charge is 0.0583 e. The Morgan fingerprint density at radius 1 is 1.25 bits per heavy atom. The third kappa shape index (κ3) is 4.32. The Hall–Kier alpha value is -0.860. The van der Waals surface area contributed by atoms with Gasteiger partial charge in [-0.2, -0.15) is 0 Å². The molecule has 0 amide bonds. The molecule has 0 bridgehead atoms. The van der Waals surface area contributed by atoms with Gasteiger partial charge in [0.25, 0.3) is 0 Å². The van der Waals surface area contributed by atoms with Crippen LogP contribution in [0.3, 0.4) is 0 Å². The lowest BCUT2D eigenvalue weighted by molar-refractivity contribution is 0.0386. The van der Waals surface area contributed by atoms with E-state index >= 15 is 0 Å². The number of benzene rings is 1. The molecule has 0 spiro atoms. The van der Waals surface area contributed by atoms with Crippen LogP contribution in [0.25, 0.3) is 0 Å². The summed E-state index contributed by atoms with van der Waals surface area (Å²) in [7, 11) is 0. The lowest BCUT2D eigenvalue weighted by Gasteiger charge is -2.27. The molecule has 20 heavy (non-hydrogen) atoms. The standard InChI is InChI=1S/C18H29NO/c1-4-12-19-18(16-8-6-5-7-9-16)14(2)13-17-11-10-15(3)20-17/h5-9,14-15,17-19H,4,10-13H2,1-3H3. The number of nitrogens with one attached hydrogen (secondary N) is 1. The van der Waals surface area contributed by atoms with Crippen molar-refractivity contribution >= 4 is 0 Å². The summed E-state index contributed by atoms with van der Waals surface area (Å²) in [5.74, 6) is 0.597. The van der Waals surface area contributed by atoms with Gasteiger partial charge in [-0.15, -0.1) is 0 Å². The summed E-state index contributed by atoms with van der Waals surface area (Å²) in [6, 6.07) is 11.3. The summed E-state index contributed by atoms with van der Waals surface area (Å²) in [4.78, 5) is 0. The molecule has 1 saturated heterocycles. The van der Waals surface area contributed by atoms with E-state index in [-0.39, 0.29) is 0 Å². The molecule has 2 rings (SSSR count). The van der Waals surface area contributed by atoms with Gasteiger partial charge in [0, 0.05) is 6.04 Å². The van der Waals surface area contributed by atoms with Crippen molar-refractivity contribution in [3.63, 3.8) is 0 Å². The monoisotopic (exact) mass is 275 g/mol.